The van der Waals surface area contributed by atoms with Gasteiger partial charge in [-0.15, -0.1) is 0 Å². The lowest BCUT2D eigenvalue weighted by Crippen LogP contribution is -2.40. The third-order valence-electron chi connectivity index (χ3n) is 2.21. The molecule has 1 heterocycles. The highest BCUT2D eigenvalue weighted by Gasteiger charge is 2.26. The molecule has 2 N–H and O–H groups in total. The topological polar surface area (TPSA) is 70.6 Å². The van der Waals surface area contributed by atoms with Crippen LogP contribution in [0.15, 0.2) is 28.1 Å². The van der Waals surface area contributed by atoms with Crippen LogP contribution in [0.2, 0.25) is 5.02 Å². The Morgan fingerprint density at radius 2 is 2.18 bits per heavy atom. The van der Waals surface area contributed by atoms with Crippen LogP contribution in [0.1, 0.15) is 13.3 Å². The monoisotopic (exact) mass is 273 g/mol. The fourth-order valence-electron chi connectivity index (χ4n) is 1.46. The van der Waals surface area contributed by atoms with Crippen LogP contribution < -0.4 is 10.0 Å². The van der Waals surface area contributed by atoms with Gasteiger partial charge in [0.15, 0.2) is 0 Å². The molecule has 7 heteroatoms. The lowest BCUT2D eigenvalue weighted by molar-refractivity contribution is 0.591. The number of nitrogens with zero attached hydrogens (tertiary/aromatic N) is 1. The summed E-state index contributed by atoms with van der Waals surface area (Å²) >= 11 is 5.83. The number of aliphatic imine (C=N–C) groups is 1. The van der Waals surface area contributed by atoms with Crippen molar-refractivity contribution in [2.24, 2.45) is 4.99 Å². The van der Waals surface area contributed by atoms with E-state index in [9.17, 15) is 8.42 Å². The summed E-state index contributed by atoms with van der Waals surface area (Å²) in [4.78, 5) is 4.28. The second kappa shape index (κ2) is 4.54. The zero-order chi connectivity index (χ0) is 12.5. The van der Waals surface area contributed by atoms with Crippen molar-refractivity contribution in [1.82, 2.24) is 4.72 Å². The van der Waals surface area contributed by atoms with E-state index in [-0.39, 0.29) is 10.9 Å². The zero-order valence-electron chi connectivity index (χ0n) is 9.20. The fourth-order valence-corrected chi connectivity index (χ4v) is 2.76. The summed E-state index contributed by atoms with van der Waals surface area (Å²) in [6.07, 6.45) is 0.843. The molecule has 92 valence electrons. The second-order valence-corrected chi connectivity index (χ2v) is 5.69. The molecule has 1 aliphatic rings. The van der Waals surface area contributed by atoms with Crippen molar-refractivity contribution >= 4 is 33.3 Å². The smallest absolute Gasteiger partial charge is 0.266 e. The number of sulfonamides is 1. The van der Waals surface area contributed by atoms with Gasteiger partial charge in [0.05, 0.1) is 5.69 Å². The zero-order valence-corrected chi connectivity index (χ0v) is 10.8. The van der Waals surface area contributed by atoms with Crippen LogP contribution >= 0.6 is 11.6 Å². The molecule has 0 bridgehead atoms. The highest BCUT2D eigenvalue weighted by atomic mass is 35.5. The standard InChI is InChI=1S/C10H12ClN3O2S/c1-2-5-12-10-13-8-6-7(11)3-4-9(8)17(15,16)14-10/h3-4,6H,2,5H2,1H3,(H2,12,13,14). The van der Waals surface area contributed by atoms with Crippen LogP contribution in [0, 0.1) is 0 Å². The minimum atomic E-state index is -3.54. The summed E-state index contributed by atoms with van der Waals surface area (Å²) in [6, 6.07) is 4.57. The van der Waals surface area contributed by atoms with Gasteiger partial charge in [0.25, 0.3) is 10.0 Å². The van der Waals surface area contributed by atoms with E-state index in [1.54, 1.807) is 6.07 Å². The van der Waals surface area contributed by atoms with Crippen molar-refractivity contribution < 1.29 is 8.42 Å². The molecule has 0 unspecified atom stereocenters. The van der Waals surface area contributed by atoms with Crippen LogP contribution in [0.5, 0.6) is 0 Å². The molecule has 1 aromatic carbocycles. The van der Waals surface area contributed by atoms with Crippen LogP contribution in [0.4, 0.5) is 5.69 Å². The maximum atomic E-state index is 11.9. The van der Waals surface area contributed by atoms with Crippen molar-refractivity contribution in [1.29, 1.82) is 0 Å². The van der Waals surface area contributed by atoms with E-state index in [1.165, 1.54) is 12.1 Å². The van der Waals surface area contributed by atoms with Crippen molar-refractivity contribution in [3.05, 3.63) is 23.2 Å². The Kier molecular flexibility index (Phi) is 3.26. The minimum absolute atomic E-state index is 0.178. The SMILES string of the molecule is CCCN=C1Nc2cc(Cl)ccc2S(=O)(=O)N1. The number of hydrogen-bond donors (Lipinski definition) is 2. The second-order valence-electron chi connectivity index (χ2n) is 3.60. The van der Waals surface area contributed by atoms with Crippen molar-refractivity contribution in [3.63, 3.8) is 0 Å². The highest BCUT2D eigenvalue weighted by Crippen LogP contribution is 2.27. The molecule has 0 aliphatic carbocycles. The van der Waals surface area contributed by atoms with Gasteiger partial charge in [0, 0.05) is 11.6 Å². The molecule has 0 aromatic heterocycles. The van der Waals surface area contributed by atoms with E-state index in [4.69, 9.17) is 11.6 Å². The summed E-state index contributed by atoms with van der Waals surface area (Å²) < 4.78 is 26.1. The average Bonchev–Trinajstić information content (AvgIpc) is 2.24. The molecule has 17 heavy (non-hydrogen) atoms. The summed E-state index contributed by atoms with van der Waals surface area (Å²) in [5, 5.41) is 3.38. The lowest BCUT2D eigenvalue weighted by atomic mass is 10.3. The van der Waals surface area contributed by atoms with E-state index < -0.39 is 10.0 Å². The minimum Gasteiger partial charge on any atom is -0.324 e. The first kappa shape index (κ1) is 12.2. The normalized spacial score (nSPS) is 19.3. The molecular weight excluding hydrogens is 262 g/mol. The summed E-state index contributed by atoms with van der Waals surface area (Å²) in [6.45, 7) is 2.52. The largest absolute Gasteiger partial charge is 0.324 e. The molecule has 2 rings (SSSR count). The first-order chi connectivity index (χ1) is 8.03. The molecule has 5 nitrogen and oxygen atoms in total. The Balaban J connectivity index is 2.45. The third kappa shape index (κ3) is 2.53. The molecule has 0 radical (unpaired) electrons. The van der Waals surface area contributed by atoms with Gasteiger partial charge in [0.1, 0.15) is 4.90 Å². The Hall–Kier alpha value is -1.27. The van der Waals surface area contributed by atoms with E-state index in [0.717, 1.165) is 6.42 Å². The van der Waals surface area contributed by atoms with E-state index in [0.29, 0.717) is 17.3 Å². The van der Waals surface area contributed by atoms with Gasteiger partial charge in [-0.3, -0.25) is 4.99 Å². The maximum Gasteiger partial charge on any atom is 0.266 e. The van der Waals surface area contributed by atoms with E-state index in [1.807, 2.05) is 6.92 Å². The molecule has 1 aromatic rings. The first-order valence-electron chi connectivity index (χ1n) is 5.17. The molecule has 0 fully saturated rings. The molecule has 0 amide bonds. The molecule has 0 saturated carbocycles. The third-order valence-corrected chi connectivity index (χ3v) is 3.84. The van der Waals surface area contributed by atoms with Crippen LogP contribution in [0.25, 0.3) is 0 Å². The van der Waals surface area contributed by atoms with E-state index in [2.05, 4.69) is 15.0 Å². The predicted octanol–water partition coefficient (Wildman–Crippen LogP) is 1.81. The number of nitrogens with one attached hydrogen (secondary N) is 2. The number of halogens is 1. The molecule has 0 saturated heterocycles. The van der Waals surface area contributed by atoms with Crippen molar-refractivity contribution in [3.8, 4) is 0 Å². The van der Waals surface area contributed by atoms with Gasteiger partial charge in [-0.2, -0.15) is 0 Å². The first-order valence-corrected chi connectivity index (χ1v) is 7.03. The van der Waals surface area contributed by atoms with Gasteiger partial charge < -0.3 is 5.32 Å². The number of hydrogen-bond acceptors (Lipinski definition) is 3. The van der Waals surface area contributed by atoms with Gasteiger partial charge in [-0.1, -0.05) is 18.5 Å². The van der Waals surface area contributed by atoms with Crippen molar-refractivity contribution in [2.45, 2.75) is 18.2 Å². The lowest BCUT2D eigenvalue weighted by Gasteiger charge is -2.21. The quantitative estimate of drug-likeness (QED) is 0.863. The summed E-state index contributed by atoms with van der Waals surface area (Å²) in [5.41, 5.74) is 0.450. The van der Waals surface area contributed by atoms with Crippen LogP contribution in [-0.2, 0) is 10.0 Å². The number of rotatable bonds is 2. The number of guanidine groups is 1. The average molecular weight is 274 g/mol. The van der Waals surface area contributed by atoms with Gasteiger partial charge >= 0.3 is 0 Å². The molecular formula is C10H12ClN3O2S. The van der Waals surface area contributed by atoms with Gasteiger partial charge in [-0.05, 0) is 24.6 Å². The summed E-state index contributed by atoms with van der Waals surface area (Å²) in [7, 11) is -3.54. The Morgan fingerprint density at radius 3 is 2.88 bits per heavy atom. The van der Waals surface area contributed by atoms with E-state index >= 15 is 0 Å². The van der Waals surface area contributed by atoms with Crippen LogP contribution in [-0.4, -0.2) is 20.9 Å². The number of benzene rings is 1. The van der Waals surface area contributed by atoms with Crippen molar-refractivity contribution in [2.75, 3.05) is 11.9 Å². The Bertz CT molecular complexity index is 569. The number of fused-ring (bicyclic) bond motifs is 1. The maximum absolute atomic E-state index is 11.9. The van der Waals surface area contributed by atoms with Gasteiger partial charge in [-0.25, -0.2) is 13.1 Å². The molecule has 1 aliphatic heterocycles. The van der Waals surface area contributed by atoms with Gasteiger partial charge in [0.2, 0.25) is 5.96 Å². The Labute approximate surface area is 105 Å². The molecule has 0 spiro atoms. The predicted molar refractivity (Wildman–Crippen MR) is 68.0 cm³/mol. The number of anilines is 1. The summed E-state index contributed by atoms with van der Waals surface area (Å²) in [5.74, 6) is 0.238. The van der Waals surface area contributed by atoms with Crippen LogP contribution in [0.3, 0.4) is 0 Å². The Morgan fingerprint density at radius 1 is 1.41 bits per heavy atom. The fraction of sp³-hybridized carbons (Fsp3) is 0.300. The highest BCUT2D eigenvalue weighted by molar-refractivity contribution is 7.90. The molecule has 0 atom stereocenters.